The SMILES string of the molecule is COC(=O)c1cc(N)ccc1-n1cc(C(C)(C)C)cn1. The first-order valence-corrected chi connectivity index (χ1v) is 6.36. The van der Waals surface area contributed by atoms with Crippen LogP contribution >= 0.6 is 0 Å². The number of ether oxygens (including phenoxy) is 1. The highest BCUT2D eigenvalue weighted by atomic mass is 16.5. The molecule has 0 atom stereocenters. The van der Waals surface area contributed by atoms with E-state index in [9.17, 15) is 4.79 Å². The van der Waals surface area contributed by atoms with Crippen LogP contribution in [0, 0.1) is 0 Å². The van der Waals surface area contributed by atoms with Gasteiger partial charge in [-0.1, -0.05) is 20.8 Å². The lowest BCUT2D eigenvalue weighted by molar-refractivity contribution is 0.0600. The standard InChI is InChI=1S/C15H19N3O2/c1-15(2,3)10-8-17-18(9-10)13-6-5-11(16)7-12(13)14(19)20-4/h5-9H,16H2,1-4H3. The maximum absolute atomic E-state index is 11.8. The van der Waals surface area contributed by atoms with Crippen LogP contribution in [-0.2, 0) is 10.2 Å². The summed E-state index contributed by atoms with van der Waals surface area (Å²) in [6.07, 6.45) is 3.72. The lowest BCUT2D eigenvalue weighted by Gasteiger charge is -2.15. The van der Waals surface area contributed by atoms with Crippen LogP contribution < -0.4 is 5.73 Å². The number of rotatable bonds is 2. The van der Waals surface area contributed by atoms with Gasteiger partial charge in [-0.15, -0.1) is 0 Å². The Bertz CT molecular complexity index is 639. The van der Waals surface area contributed by atoms with Gasteiger partial charge in [0.05, 0.1) is 24.6 Å². The minimum absolute atomic E-state index is 0.00249. The topological polar surface area (TPSA) is 70.1 Å². The average molecular weight is 273 g/mol. The zero-order valence-corrected chi connectivity index (χ0v) is 12.2. The molecule has 2 aromatic rings. The maximum Gasteiger partial charge on any atom is 0.340 e. The van der Waals surface area contributed by atoms with Crippen LogP contribution in [0.2, 0.25) is 0 Å². The molecule has 2 N–H and O–H groups in total. The monoisotopic (exact) mass is 273 g/mol. The molecule has 20 heavy (non-hydrogen) atoms. The number of anilines is 1. The van der Waals surface area contributed by atoms with Crippen LogP contribution in [0.5, 0.6) is 0 Å². The number of nitrogens with two attached hydrogens (primary N) is 1. The second kappa shape index (κ2) is 5.00. The molecular formula is C15H19N3O2. The Kier molecular flexibility index (Phi) is 3.53. The molecule has 0 spiro atoms. The summed E-state index contributed by atoms with van der Waals surface area (Å²) in [5, 5.41) is 4.33. The van der Waals surface area contributed by atoms with Gasteiger partial charge >= 0.3 is 5.97 Å². The summed E-state index contributed by atoms with van der Waals surface area (Å²) in [4.78, 5) is 11.8. The zero-order chi connectivity index (χ0) is 14.9. The Labute approximate surface area is 118 Å². The first-order chi connectivity index (χ1) is 9.32. The fourth-order valence-electron chi connectivity index (χ4n) is 1.87. The first-order valence-electron chi connectivity index (χ1n) is 6.36. The van der Waals surface area contributed by atoms with Crippen LogP contribution in [-0.4, -0.2) is 22.9 Å². The first kappa shape index (κ1) is 14.1. The minimum atomic E-state index is -0.430. The smallest absolute Gasteiger partial charge is 0.340 e. The molecule has 0 fully saturated rings. The number of esters is 1. The van der Waals surface area contributed by atoms with Gasteiger partial charge in [-0.05, 0) is 29.2 Å². The lowest BCUT2D eigenvalue weighted by Crippen LogP contribution is -2.11. The Balaban J connectivity index is 2.52. The third-order valence-corrected chi connectivity index (χ3v) is 3.12. The van der Waals surface area contributed by atoms with Crippen molar-refractivity contribution >= 4 is 11.7 Å². The number of carbonyl (C=O) groups is 1. The number of nitrogen functional groups attached to an aromatic ring is 1. The molecule has 0 radical (unpaired) electrons. The number of hydrogen-bond acceptors (Lipinski definition) is 4. The molecule has 0 aliphatic rings. The molecular weight excluding hydrogens is 254 g/mol. The van der Waals surface area contributed by atoms with Crippen molar-refractivity contribution in [1.29, 1.82) is 0 Å². The highest BCUT2D eigenvalue weighted by Crippen LogP contribution is 2.24. The second-order valence-corrected chi connectivity index (χ2v) is 5.69. The van der Waals surface area contributed by atoms with E-state index >= 15 is 0 Å². The number of carbonyl (C=O) groups excluding carboxylic acids is 1. The van der Waals surface area contributed by atoms with E-state index in [0.717, 1.165) is 5.56 Å². The van der Waals surface area contributed by atoms with Crippen molar-refractivity contribution < 1.29 is 9.53 Å². The van der Waals surface area contributed by atoms with E-state index in [1.165, 1.54) is 7.11 Å². The number of benzene rings is 1. The van der Waals surface area contributed by atoms with Crippen molar-refractivity contribution in [2.24, 2.45) is 0 Å². The Hall–Kier alpha value is -2.30. The Morgan fingerprint density at radius 1 is 1.35 bits per heavy atom. The van der Waals surface area contributed by atoms with Crippen molar-refractivity contribution in [2.75, 3.05) is 12.8 Å². The molecule has 0 aliphatic heterocycles. The van der Waals surface area contributed by atoms with E-state index in [0.29, 0.717) is 16.9 Å². The summed E-state index contributed by atoms with van der Waals surface area (Å²) in [5.41, 5.74) is 8.39. The van der Waals surface area contributed by atoms with Gasteiger partial charge in [-0.25, -0.2) is 9.48 Å². The van der Waals surface area contributed by atoms with Crippen LogP contribution in [0.1, 0.15) is 36.7 Å². The zero-order valence-electron chi connectivity index (χ0n) is 12.2. The van der Waals surface area contributed by atoms with Crippen molar-refractivity contribution in [1.82, 2.24) is 9.78 Å². The summed E-state index contributed by atoms with van der Waals surface area (Å²) < 4.78 is 6.46. The predicted octanol–water partition coefficient (Wildman–Crippen LogP) is 2.54. The van der Waals surface area contributed by atoms with Gasteiger partial charge in [0.1, 0.15) is 0 Å². The summed E-state index contributed by atoms with van der Waals surface area (Å²) in [5.74, 6) is -0.430. The predicted molar refractivity (Wildman–Crippen MR) is 78.0 cm³/mol. The molecule has 1 aromatic carbocycles. The van der Waals surface area contributed by atoms with E-state index in [2.05, 4.69) is 25.9 Å². The lowest BCUT2D eigenvalue weighted by atomic mass is 9.90. The van der Waals surface area contributed by atoms with Crippen molar-refractivity contribution in [3.05, 3.63) is 41.7 Å². The van der Waals surface area contributed by atoms with E-state index < -0.39 is 5.97 Å². The third kappa shape index (κ3) is 2.66. The van der Waals surface area contributed by atoms with Gasteiger partial charge in [0.2, 0.25) is 0 Å². The highest BCUT2D eigenvalue weighted by Gasteiger charge is 2.19. The summed E-state index contributed by atoms with van der Waals surface area (Å²) >= 11 is 0. The number of hydrogen-bond donors (Lipinski definition) is 1. The van der Waals surface area contributed by atoms with Gasteiger partial charge in [0.15, 0.2) is 0 Å². The fourth-order valence-corrected chi connectivity index (χ4v) is 1.87. The molecule has 1 aromatic heterocycles. The summed E-state index contributed by atoms with van der Waals surface area (Å²) in [6.45, 7) is 6.33. The van der Waals surface area contributed by atoms with E-state index in [4.69, 9.17) is 10.5 Å². The van der Waals surface area contributed by atoms with E-state index in [-0.39, 0.29) is 5.41 Å². The number of nitrogens with zero attached hydrogens (tertiary/aromatic N) is 2. The molecule has 0 aliphatic carbocycles. The molecule has 0 saturated carbocycles. The molecule has 2 rings (SSSR count). The Morgan fingerprint density at radius 3 is 2.60 bits per heavy atom. The van der Waals surface area contributed by atoms with Crippen LogP contribution in [0.25, 0.3) is 5.69 Å². The molecule has 5 heteroatoms. The molecule has 0 saturated heterocycles. The quantitative estimate of drug-likeness (QED) is 0.674. The maximum atomic E-state index is 11.8. The van der Waals surface area contributed by atoms with E-state index in [1.807, 2.05) is 6.20 Å². The average Bonchev–Trinajstić information content (AvgIpc) is 2.87. The molecule has 106 valence electrons. The summed E-state index contributed by atoms with van der Waals surface area (Å²) in [7, 11) is 1.35. The molecule has 0 amide bonds. The number of methoxy groups -OCH3 is 1. The largest absolute Gasteiger partial charge is 0.465 e. The summed E-state index contributed by atoms with van der Waals surface area (Å²) in [6, 6.07) is 5.10. The molecule has 0 unspecified atom stereocenters. The normalized spacial score (nSPS) is 11.4. The second-order valence-electron chi connectivity index (χ2n) is 5.69. The minimum Gasteiger partial charge on any atom is -0.465 e. The van der Waals surface area contributed by atoms with Gasteiger partial charge in [0.25, 0.3) is 0 Å². The van der Waals surface area contributed by atoms with E-state index in [1.54, 1.807) is 29.1 Å². The van der Waals surface area contributed by atoms with Gasteiger partial charge in [-0.2, -0.15) is 5.10 Å². The van der Waals surface area contributed by atoms with Gasteiger partial charge in [0, 0.05) is 11.9 Å². The third-order valence-electron chi connectivity index (χ3n) is 3.12. The van der Waals surface area contributed by atoms with Crippen molar-refractivity contribution in [2.45, 2.75) is 26.2 Å². The van der Waals surface area contributed by atoms with Crippen LogP contribution in [0.4, 0.5) is 5.69 Å². The Morgan fingerprint density at radius 2 is 2.05 bits per heavy atom. The van der Waals surface area contributed by atoms with Crippen molar-refractivity contribution in [3.63, 3.8) is 0 Å². The van der Waals surface area contributed by atoms with Gasteiger partial charge in [-0.3, -0.25) is 0 Å². The van der Waals surface area contributed by atoms with Gasteiger partial charge < -0.3 is 10.5 Å². The van der Waals surface area contributed by atoms with Crippen LogP contribution in [0.3, 0.4) is 0 Å². The fraction of sp³-hybridized carbons (Fsp3) is 0.333. The number of aromatic nitrogens is 2. The molecule has 5 nitrogen and oxygen atoms in total. The highest BCUT2D eigenvalue weighted by molar-refractivity contribution is 5.94. The van der Waals surface area contributed by atoms with Crippen LogP contribution in [0.15, 0.2) is 30.6 Å². The molecule has 1 heterocycles. The molecule has 0 bridgehead atoms. The van der Waals surface area contributed by atoms with Crippen molar-refractivity contribution in [3.8, 4) is 5.69 Å².